The van der Waals surface area contributed by atoms with Crippen LogP contribution in [0.5, 0.6) is 5.75 Å². The van der Waals surface area contributed by atoms with E-state index in [-0.39, 0.29) is 5.75 Å². The zero-order valence-corrected chi connectivity index (χ0v) is 12.8. The Morgan fingerprint density at radius 2 is 2.05 bits per heavy atom. The lowest BCUT2D eigenvalue weighted by Gasteiger charge is -2.30. The molecule has 0 saturated heterocycles. The smallest absolute Gasteiger partial charge is 0.335 e. The highest BCUT2D eigenvalue weighted by molar-refractivity contribution is 9.11. The van der Waals surface area contributed by atoms with Crippen LogP contribution in [-0.2, 0) is 4.79 Å². The van der Waals surface area contributed by atoms with Gasteiger partial charge in [-0.3, -0.25) is 0 Å². The summed E-state index contributed by atoms with van der Waals surface area (Å²) in [7, 11) is 0. The molecule has 0 aromatic heterocycles. The van der Waals surface area contributed by atoms with E-state index in [4.69, 9.17) is 9.84 Å². The highest BCUT2D eigenvalue weighted by Gasteiger charge is 2.44. The maximum absolute atomic E-state index is 13.5. The third kappa shape index (κ3) is 2.81. The lowest BCUT2D eigenvalue weighted by atomic mass is 9.98. The Bertz CT molecular complexity index is 579. The van der Waals surface area contributed by atoms with Crippen molar-refractivity contribution in [3.63, 3.8) is 0 Å². The largest absolute Gasteiger partial charge is 0.478 e. The fraction of sp³-hybridized carbons (Fsp3) is 0.250. The van der Waals surface area contributed by atoms with E-state index in [0.29, 0.717) is 21.4 Å². The normalized spacial score (nSPS) is 18.4. The molecule has 1 aromatic carbocycles. The standard InChI is InChI=1S/C12H8Br2F2O3/c1-12(15,16)10-7(11(17)18)3-5-2-6(13)4-8(14)9(5)19-10/h2-4,10H,1H3,(H,17,18). The number of rotatable bonds is 2. The summed E-state index contributed by atoms with van der Waals surface area (Å²) in [6, 6.07) is 3.25. The summed E-state index contributed by atoms with van der Waals surface area (Å²) in [6.45, 7) is 0.631. The Balaban J connectivity index is 2.61. The summed E-state index contributed by atoms with van der Waals surface area (Å²) in [5, 5.41) is 9.03. The van der Waals surface area contributed by atoms with E-state index in [9.17, 15) is 13.6 Å². The van der Waals surface area contributed by atoms with Crippen LogP contribution in [0.1, 0.15) is 12.5 Å². The molecule has 0 aliphatic carbocycles. The first kappa shape index (κ1) is 14.5. The minimum absolute atomic E-state index is 0.208. The van der Waals surface area contributed by atoms with Crippen molar-refractivity contribution in [1.82, 2.24) is 0 Å². The lowest BCUT2D eigenvalue weighted by molar-refractivity contribution is -0.137. The highest BCUT2D eigenvalue weighted by Crippen LogP contribution is 2.41. The summed E-state index contributed by atoms with van der Waals surface area (Å²) in [5.41, 5.74) is -0.0378. The van der Waals surface area contributed by atoms with Gasteiger partial charge in [-0.1, -0.05) is 15.9 Å². The molecule has 0 fully saturated rings. The van der Waals surface area contributed by atoms with Crippen LogP contribution < -0.4 is 4.74 Å². The molecular weight excluding hydrogens is 390 g/mol. The molecule has 1 unspecified atom stereocenters. The van der Waals surface area contributed by atoms with Crippen molar-refractivity contribution in [3.05, 3.63) is 32.2 Å². The molecule has 1 aliphatic rings. The predicted octanol–water partition coefficient (Wildman–Crippen LogP) is 4.10. The van der Waals surface area contributed by atoms with Gasteiger partial charge in [0.25, 0.3) is 5.92 Å². The number of carboxylic acid groups (broad SMARTS) is 1. The number of aliphatic carboxylic acids is 1. The van der Waals surface area contributed by atoms with Gasteiger partial charge >= 0.3 is 5.97 Å². The van der Waals surface area contributed by atoms with E-state index in [1.165, 1.54) is 6.08 Å². The molecule has 2 rings (SSSR count). The van der Waals surface area contributed by atoms with Gasteiger partial charge in [-0.15, -0.1) is 0 Å². The van der Waals surface area contributed by atoms with Crippen LogP contribution in [0.25, 0.3) is 6.08 Å². The van der Waals surface area contributed by atoms with Gasteiger partial charge in [0, 0.05) is 17.0 Å². The van der Waals surface area contributed by atoms with Gasteiger partial charge in [-0.05, 0) is 34.1 Å². The van der Waals surface area contributed by atoms with E-state index >= 15 is 0 Å². The molecule has 1 aliphatic heterocycles. The molecule has 0 amide bonds. The molecule has 0 radical (unpaired) electrons. The van der Waals surface area contributed by atoms with Crippen LogP contribution in [0.2, 0.25) is 0 Å². The van der Waals surface area contributed by atoms with Crippen molar-refractivity contribution in [1.29, 1.82) is 0 Å². The van der Waals surface area contributed by atoms with Crippen LogP contribution in [0, 0.1) is 0 Å². The highest BCUT2D eigenvalue weighted by atomic mass is 79.9. The Morgan fingerprint density at radius 3 is 2.58 bits per heavy atom. The second-order valence-corrected chi connectivity index (χ2v) is 5.93. The van der Waals surface area contributed by atoms with Crippen LogP contribution in [-0.4, -0.2) is 23.1 Å². The molecule has 0 bridgehead atoms. The molecule has 0 saturated carbocycles. The fourth-order valence-electron chi connectivity index (χ4n) is 1.79. The molecule has 7 heteroatoms. The zero-order chi connectivity index (χ0) is 14.4. The SMILES string of the molecule is CC(F)(F)C1Oc2c(Br)cc(Br)cc2C=C1C(=O)O. The molecule has 1 atom stereocenters. The first-order valence-corrected chi connectivity index (χ1v) is 6.77. The molecular formula is C12H8Br2F2O3. The summed E-state index contributed by atoms with van der Waals surface area (Å²) in [4.78, 5) is 11.1. The van der Waals surface area contributed by atoms with Crippen molar-refractivity contribution in [2.45, 2.75) is 19.0 Å². The van der Waals surface area contributed by atoms with Gasteiger partial charge in [-0.25, -0.2) is 13.6 Å². The van der Waals surface area contributed by atoms with Crippen molar-refractivity contribution >= 4 is 43.9 Å². The van der Waals surface area contributed by atoms with Gasteiger partial charge in [-0.2, -0.15) is 0 Å². The van der Waals surface area contributed by atoms with Crippen molar-refractivity contribution in [3.8, 4) is 5.75 Å². The molecule has 0 spiro atoms. The Kier molecular flexibility index (Phi) is 3.70. The molecule has 1 heterocycles. The number of fused-ring (bicyclic) bond motifs is 1. The monoisotopic (exact) mass is 396 g/mol. The first-order valence-electron chi connectivity index (χ1n) is 5.18. The van der Waals surface area contributed by atoms with Crippen molar-refractivity contribution in [2.75, 3.05) is 0 Å². The molecule has 1 aromatic rings. The van der Waals surface area contributed by atoms with Gasteiger partial charge < -0.3 is 9.84 Å². The third-order valence-corrected chi connectivity index (χ3v) is 3.62. The molecule has 19 heavy (non-hydrogen) atoms. The number of hydrogen-bond acceptors (Lipinski definition) is 2. The van der Waals surface area contributed by atoms with Gasteiger partial charge in [0.15, 0.2) is 6.10 Å². The molecule has 3 nitrogen and oxygen atoms in total. The van der Waals surface area contributed by atoms with E-state index in [1.54, 1.807) is 12.1 Å². The van der Waals surface area contributed by atoms with E-state index in [0.717, 1.165) is 0 Å². The Morgan fingerprint density at radius 1 is 1.42 bits per heavy atom. The number of alkyl halides is 2. The fourth-order valence-corrected chi connectivity index (χ4v) is 3.14. The zero-order valence-electron chi connectivity index (χ0n) is 9.58. The second kappa shape index (κ2) is 4.86. The first-order chi connectivity index (χ1) is 8.70. The van der Waals surface area contributed by atoms with Gasteiger partial charge in [0.2, 0.25) is 0 Å². The summed E-state index contributed by atoms with van der Waals surface area (Å²) < 4.78 is 33.3. The second-order valence-electron chi connectivity index (χ2n) is 4.16. The summed E-state index contributed by atoms with van der Waals surface area (Å²) in [5.74, 6) is -4.51. The van der Waals surface area contributed by atoms with E-state index in [2.05, 4.69) is 31.9 Å². The minimum Gasteiger partial charge on any atom is -0.478 e. The number of halogens is 4. The average Bonchev–Trinajstić information content (AvgIpc) is 2.25. The quantitative estimate of drug-likeness (QED) is 0.817. The van der Waals surface area contributed by atoms with Crippen molar-refractivity contribution in [2.24, 2.45) is 0 Å². The maximum Gasteiger partial charge on any atom is 0.335 e. The number of hydrogen-bond donors (Lipinski definition) is 1. The number of ether oxygens (including phenoxy) is 1. The predicted molar refractivity (Wildman–Crippen MR) is 72.5 cm³/mol. The van der Waals surface area contributed by atoms with Gasteiger partial charge in [0.05, 0.1) is 10.0 Å². The van der Waals surface area contributed by atoms with E-state index < -0.39 is 23.6 Å². The van der Waals surface area contributed by atoms with Crippen LogP contribution in [0.15, 0.2) is 26.7 Å². The Labute approximate surface area is 124 Å². The summed E-state index contributed by atoms with van der Waals surface area (Å²) >= 11 is 6.45. The molecule has 1 N–H and O–H groups in total. The minimum atomic E-state index is -3.30. The van der Waals surface area contributed by atoms with E-state index in [1.807, 2.05) is 0 Å². The summed E-state index contributed by atoms with van der Waals surface area (Å²) in [6.07, 6.45) is -0.603. The van der Waals surface area contributed by atoms with Crippen LogP contribution in [0.4, 0.5) is 8.78 Å². The van der Waals surface area contributed by atoms with Crippen molar-refractivity contribution < 1.29 is 23.4 Å². The number of benzene rings is 1. The topological polar surface area (TPSA) is 46.5 Å². The Hall–Kier alpha value is -0.950. The van der Waals surface area contributed by atoms with Gasteiger partial charge in [0.1, 0.15) is 5.75 Å². The number of carboxylic acids is 1. The molecule has 102 valence electrons. The van der Waals surface area contributed by atoms with Crippen LogP contribution in [0.3, 0.4) is 0 Å². The number of carbonyl (C=O) groups is 1. The third-order valence-electron chi connectivity index (χ3n) is 2.57. The average molecular weight is 398 g/mol. The van der Waals surface area contributed by atoms with Crippen LogP contribution >= 0.6 is 31.9 Å². The maximum atomic E-state index is 13.5. The lowest BCUT2D eigenvalue weighted by Crippen LogP contribution is -2.41.